The zero-order valence-electron chi connectivity index (χ0n) is 11.6. The van der Waals surface area contributed by atoms with Gasteiger partial charge in [0.1, 0.15) is 4.90 Å². The van der Waals surface area contributed by atoms with Crippen LogP contribution in [0.3, 0.4) is 0 Å². The molecule has 0 spiro atoms. The summed E-state index contributed by atoms with van der Waals surface area (Å²) >= 11 is 6.58. The largest absolute Gasteiger partial charge is 0.326 e. The lowest BCUT2D eigenvalue weighted by molar-refractivity contribution is 0.415. The Labute approximate surface area is 137 Å². The van der Waals surface area contributed by atoms with Crippen molar-refractivity contribution in [2.45, 2.75) is 36.5 Å². The first-order valence-corrected chi connectivity index (χ1v) is 10.4. The Morgan fingerprint density at radius 2 is 2.15 bits per heavy atom. The van der Waals surface area contributed by atoms with E-state index in [0.717, 1.165) is 17.1 Å². The Hall–Kier alpha value is 0.400. The molecule has 1 aromatic rings. The lowest BCUT2D eigenvalue weighted by atomic mass is 10.1. The van der Waals surface area contributed by atoms with Crippen molar-refractivity contribution < 1.29 is 8.42 Å². The van der Waals surface area contributed by atoms with Crippen LogP contribution in [0.15, 0.2) is 14.7 Å². The number of nitrogens with two attached hydrogens (primary N) is 1. The summed E-state index contributed by atoms with van der Waals surface area (Å²) in [6.07, 6.45) is 0.863. The maximum Gasteiger partial charge on any atom is 0.245 e. The summed E-state index contributed by atoms with van der Waals surface area (Å²) in [5.74, 6) is 0.831. The van der Waals surface area contributed by atoms with E-state index in [0.29, 0.717) is 28.3 Å². The number of sulfonamides is 1. The molecule has 1 saturated heterocycles. The van der Waals surface area contributed by atoms with Gasteiger partial charge in [-0.3, -0.25) is 0 Å². The smallest absolute Gasteiger partial charge is 0.245 e. The minimum absolute atomic E-state index is 0.137. The molecule has 1 fully saturated rings. The summed E-state index contributed by atoms with van der Waals surface area (Å²) in [4.78, 5) is 1.23. The summed E-state index contributed by atoms with van der Waals surface area (Å²) in [5.41, 5.74) is 5.59. The van der Waals surface area contributed by atoms with Gasteiger partial charge in [-0.05, 0) is 28.4 Å². The van der Waals surface area contributed by atoms with E-state index in [9.17, 15) is 8.42 Å². The van der Waals surface area contributed by atoms with Crippen LogP contribution in [-0.2, 0) is 16.6 Å². The van der Waals surface area contributed by atoms with Crippen LogP contribution in [0.25, 0.3) is 0 Å². The number of halogens is 1. The highest BCUT2D eigenvalue weighted by atomic mass is 79.9. The molecular weight excluding hydrogens is 380 g/mol. The van der Waals surface area contributed by atoms with Gasteiger partial charge in [-0.2, -0.15) is 16.1 Å². The van der Waals surface area contributed by atoms with E-state index in [1.54, 1.807) is 10.4 Å². The van der Waals surface area contributed by atoms with E-state index in [1.165, 1.54) is 11.3 Å². The highest BCUT2D eigenvalue weighted by molar-refractivity contribution is 9.11. The van der Waals surface area contributed by atoms with Crippen LogP contribution < -0.4 is 5.73 Å². The van der Waals surface area contributed by atoms with Gasteiger partial charge in [0.15, 0.2) is 0 Å². The lowest BCUT2D eigenvalue weighted by Gasteiger charge is -2.22. The summed E-state index contributed by atoms with van der Waals surface area (Å²) in [6.45, 7) is 5.84. The molecule has 4 nitrogen and oxygen atoms in total. The van der Waals surface area contributed by atoms with Crippen molar-refractivity contribution in [1.82, 2.24) is 4.31 Å². The number of nitrogens with zero attached hydrogens (tertiary/aromatic N) is 1. The molecule has 114 valence electrons. The van der Waals surface area contributed by atoms with Gasteiger partial charge in [0.05, 0.1) is 3.79 Å². The van der Waals surface area contributed by atoms with Crippen molar-refractivity contribution in [3.05, 3.63) is 14.7 Å². The molecule has 1 aliphatic heterocycles. The van der Waals surface area contributed by atoms with Crippen molar-refractivity contribution in [1.29, 1.82) is 0 Å². The average molecular weight is 399 g/mol. The maximum atomic E-state index is 12.8. The van der Waals surface area contributed by atoms with E-state index in [4.69, 9.17) is 5.73 Å². The highest BCUT2D eigenvalue weighted by Crippen LogP contribution is 2.36. The first kappa shape index (κ1) is 16.8. The number of rotatable bonds is 3. The molecule has 0 saturated carbocycles. The topological polar surface area (TPSA) is 63.4 Å². The van der Waals surface area contributed by atoms with Crippen LogP contribution in [-0.4, -0.2) is 36.3 Å². The van der Waals surface area contributed by atoms with E-state index >= 15 is 0 Å². The minimum atomic E-state index is -3.43. The monoisotopic (exact) mass is 398 g/mol. The van der Waals surface area contributed by atoms with Gasteiger partial charge in [0.2, 0.25) is 10.0 Å². The van der Waals surface area contributed by atoms with E-state index in [2.05, 4.69) is 29.8 Å². The quantitative estimate of drug-likeness (QED) is 0.849. The van der Waals surface area contributed by atoms with E-state index in [1.807, 2.05) is 11.8 Å². The molecule has 20 heavy (non-hydrogen) atoms. The van der Waals surface area contributed by atoms with Crippen molar-refractivity contribution in [3.63, 3.8) is 0 Å². The second-order valence-electron chi connectivity index (χ2n) is 5.32. The van der Waals surface area contributed by atoms with Crippen LogP contribution in [0.1, 0.15) is 25.1 Å². The standard InChI is InChI=1S/C12H19BrN2O2S3/c1-12(2)3-4-15(5-6-18-12)20(16,17)10-7-9(8-14)19-11(10)13/h7H,3-6,8,14H2,1-2H3. The summed E-state index contributed by atoms with van der Waals surface area (Å²) in [5, 5.41) is 0. The maximum absolute atomic E-state index is 12.8. The molecule has 1 aliphatic rings. The van der Waals surface area contributed by atoms with Crippen molar-refractivity contribution >= 4 is 49.1 Å². The van der Waals surface area contributed by atoms with Gasteiger partial charge in [-0.25, -0.2) is 8.42 Å². The highest BCUT2D eigenvalue weighted by Gasteiger charge is 2.32. The van der Waals surface area contributed by atoms with Crippen LogP contribution in [0.4, 0.5) is 0 Å². The molecule has 0 amide bonds. The third-order valence-electron chi connectivity index (χ3n) is 3.32. The molecule has 0 atom stereocenters. The molecule has 0 aromatic carbocycles. The van der Waals surface area contributed by atoms with Gasteiger partial charge in [0, 0.05) is 35.0 Å². The Morgan fingerprint density at radius 3 is 2.75 bits per heavy atom. The molecule has 0 aliphatic carbocycles. The Morgan fingerprint density at radius 1 is 1.45 bits per heavy atom. The first-order valence-electron chi connectivity index (χ1n) is 6.39. The van der Waals surface area contributed by atoms with Gasteiger partial charge in [-0.15, -0.1) is 11.3 Å². The third-order valence-corrected chi connectivity index (χ3v) is 8.87. The molecule has 1 aromatic heterocycles. The average Bonchev–Trinajstić information content (AvgIpc) is 2.64. The summed E-state index contributed by atoms with van der Waals surface area (Å²) < 4.78 is 27.9. The second-order valence-corrected chi connectivity index (χ2v) is 11.5. The van der Waals surface area contributed by atoms with Crippen LogP contribution in [0, 0.1) is 0 Å². The fraction of sp³-hybridized carbons (Fsp3) is 0.667. The van der Waals surface area contributed by atoms with Crippen molar-refractivity contribution in [2.75, 3.05) is 18.8 Å². The van der Waals surface area contributed by atoms with Crippen LogP contribution in [0.2, 0.25) is 0 Å². The number of hydrogen-bond donors (Lipinski definition) is 1. The van der Waals surface area contributed by atoms with E-state index in [-0.39, 0.29) is 4.75 Å². The normalized spacial score (nSPS) is 20.8. The molecule has 0 bridgehead atoms. The Kier molecular flexibility index (Phi) is 5.24. The third kappa shape index (κ3) is 3.59. The first-order chi connectivity index (χ1) is 9.26. The predicted octanol–water partition coefficient (Wildman–Crippen LogP) is 2.88. The van der Waals surface area contributed by atoms with Crippen molar-refractivity contribution in [3.8, 4) is 0 Å². The fourth-order valence-corrected chi connectivity index (χ4v) is 7.22. The van der Waals surface area contributed by atoms with Crippen LogP contribution in [0.5, 0.6) is 0 Å². The minimum Gasteiger partial charge on any atom is -0.326 e. The van der Waals surface area contributed by atoms with E-state index < -0.39 is 10.0 Å². The molecule has 0 radical (unpaired) electrons. The SMILES string of the molecule is CC1(C)CCN(S(=O)(=O)c2cc(CN)sc2Br)CCS1. The van der Waals surface area contributed by atoms with Gasteiger partial charge < -0.3 is 5.73 Å². The van der Waals surface area contributed by atoms with Crippen LogP contribution >= 0.6 is 39.0 Å². The summed E-state index contributed by atoms with van der Waals surface area (Å²) in [7, 11) is -3.43. The Balaban J connectivity index is 2.28. The molecule has 2 rings (SSSR count). The van der Waals surface area contributed by atoms with Gasteiger partial charge in [-0.1, -0.05) is 13.8 Å². The predicted molar refractivity (Wildman–Crippen MR) is 89.8 cm³/mol. The second kappa shape index (κ2) is 6.26. The van der Waals surface area contributed by atoms with Crippen molar-refractivity contribution in [2.24, 2.45) is 5.73 Å². The number of thioether (sulfide) groups is 1. The summed E-state index contributed by atoms with van der Waals surface area (Å²) in [6, 6.07) is 1.69. The van der Waals surface area contributed by atoms with Gasteiger partial charge in [0.25, 0.3) is 0 Å². The molecule has 8 heteroatoms. The zero-order valence-corrected chi connectivity index (χ0v) is 15.6. The zero-order chi connectivity index (χ0) is 15.0. The fourth-order valence-electron chi connectivity index (χ4n) is 2.06. The Bertz CT molecular complexity index is 584. The molecule has 2 N–H and O–H groups in total. The van der Waals surface area contributed by atoms with Gasteiger partial charge >= 0.3 is 0 Å². The molecular formula is C12H19BrN2O2S3. The lowest BCUT2D eigenvalue weighted by Crippen LogP contribution is -2.33. The number of hydrogen-bond acceptors (Lipinski definition) is 5. The molecule has 0 unspecified atom stereocenters. The molecule has 2 heterocycles. The number of thiophene rings is 1.